The number of aromatic nitrogens is 2. The Hall–Kier alpha value is -2.41. The molecule has 1 heterocycles. The number of hydrogen-bond donors (Lipinski definition) is 0. The van der Waals surface area contributed by atoms with Crippen LogP contribution in [-0.4, -0.2) is 17.0 Å². The highest BCUT2D eigenvalue weighted by atomic mass is 15.2. The molecule has 0 radical (unpaired) electrons. The van der Waals surface area contributed by atoms with Gasteiger partial charge in [0.2, 0.25) is 5.95 Å². The molecule has 0 bridgehead atoms. The summed E-state index contributed by atoms with van der Waals surface area (Å²) in [6.07, 6.45) is 3.39. The summed E-state index contributed by atoms with van der Waals surface area (Å²) in [6, 6.07) is 11.1. The van der Waals surface area contributed by atoms with Gasteiger partial charge in [-0.1, -0.05) is 0 Å². The van der Waals surface area contributed by atoms with Crippen molar-refractivity contribution in [1.29, 1.82) is 5.26 Å². The van der Waals surface area contributed by atoms with Gasteiger partial charge in [0.05, 0.1) is 11.6 Å². The van der Waals surface area contributed by atoms with Gasteiger partial charge in [-0.05, 0) is 30.3 Å². The minimum absolute atomic E-state index is 0.632. The van der Waals surface area contributed by atoms with Crippen molar-refractivity contribution in [3.05, 3.63) is 48.3 Å². The van der Waals surface area contributed by atoms with E-state index in [-0.39, 0.29) is 0 Å². The van der Waals surface area contributed by atoms with Crippen molar-refractivity contribution in [1.82, 2.24) is 9.97 Å². The highest BCUT2D eigenvalue weighted by molar-refractivity contribution is 5.57. The summed E-state index contributed by atoms with van der Waals surface area (Å²) in [5, 5.41) is 8.70. The van der Waals surface area contributed by atoms with E-state index >= 15 is 0 Å². The summed E-state index contributed by atoms with van der Waals surface area (Å²) in [5.74, 6) is 0.632. The van der Waals surface area contributed by atoms with E-state index in [1.54, 1.807) is 30.6 Å². The van der Waals surface area contributed by atoms with Gasteiger partial charge in [0.25, 0.3) is 0 Å². The van der Waals surface area contributed by atoms with E-state index in [9.17, 15) is 0 Å². The Morgan fingerprint density at radius 3 is 2.31 bits per heavy atom. The maximum atomic E-state index is 8.70. The smallest absolute Gasteiger partial charge is 0.229 e. The summed E-state index contributed by atoms with van der Waals surface area (Å²) < 4.78 is 0. The van der Waals surface area contributed by atoms with Crippen LogP contribution in [0.4, 0.5) is 11.6 Å². The second-order valence-electron chi connectivity index (χ2n) is 3.27. The van der Waals surface area contributed by atoms with E-state index in [1.807, 2.05) is 24.1 Å². The molecule has 0 N–H and O–H groups in total. The molecule has 16 heavy (non-hydrogen) atoms. The van der Waals surface area contributed by atoms with Gasteiger partial charge in [-0.25, -0.2) is 9.97 Å². The normalized spacial score (nSPS) is 9.50. The second-order valence-corrected chi connectivity index (χ2v) is 3.27. The van der Waals surface area contributed by atoms with Crippen molar-refractivity contribution >= 4 is 11.6 Å². The number of rotatable bonds is 2. The molecule has 0 spiro atoms. The first-order chi connectivity index (χ1) is 7.81. The molecule has 4 heteroatoms. The molecule has 1 aromatic carbocycles. The number of nitriles is 1. The van der Waals surface area contributed by atoms with E-state index in [2.05, 4.69) is 16.0 Å². The van der Waals surface area contributed by atoms with Crippen LogP contribution >= 0.6 is 0 Å². The number of benzene rings is 1. The molecular weight excluding hydrogens is 200 g/mol. The van der Waals surface area contributed by atoms with Crippen LogP contribution in [0.2, 0.25) is 0 Å². The molecule has 1 aromatic heterocycles. The number of hydrogen-bond acceptors (Lipinski definition) is 4. The zero-order valence-corrected chi connectivity index (χ0v) is 8.83. The first kappa shape index (κ1) is 10.1. The lowest BCUT2D eigenvalue weighted by atomic mass is 10.2. The Kier molecular flexibility index (Phi) is 2.79. The average Bonchev–Trinajstić information content (AvgIpc) is 2.39. The predicted molar refractivity (Wildman–Crippen MR) is 61.3 cm³/mol. The van der Waals surface area contributed by atoms with Gasteiger partial charge in [-0.2, -0.15) is 5.26 Å². The third-order valence-electron chi connectivity index (χ3n) is 2.24. The standard InChI is InChI=1S/C12H10N4/c1-16(12-14-7-2-8-15-12)11-5-3-10(9-13)4-6-11/h2-8H,1H3. The monoisotopic (exact) mass is 210 g/mol. The van der Waals surface area contributed by atoms with Gasteiger partial charge in [0, 0.05) is 25.1 Å². The first-order valence-corrected chi connectivity index (χ1v) is 4.82. The molecule has 2 aromatic rings. The second kappa shape index (κ2) is 4.41. The third kappa shape index (κ3) is 1.98. The fourth-order valence-electron chi connectivity index (χ4n) is 1.34. The van der Waals surface area contributed by atoms with Gasteiger partial charge >= 0.3 is 0 Å². The summed E-state index contributed by atoms with van der Waals surface area (Å²) in [4.78, 5) is 10.2. The molecular formula is C12H10N4. The first-order valence-electron chi connectivity index (χ1n) is 4.82. The Morgan fingerprint density at radius 2 is 1.75 bits per heavy atom. The van der Waals surface area contributed by atoms with E-state index < -0.39 is 0 Å². The van der Waals surface area contributed by atoms with Crippen LogP contribution in [-0.2, 0) is 0 Å². The largest absolute Gasteiger partial charge is 0.314 e. The Labute approximate surface area is 93.8 Å². The summed E-state index contributed by atoms with van der Waals surface area (Å²) in [6.45, 7) is 0. The third-order valence-corrected chi connectivity index (χ3v) is 2.24. The van der Waals surface area contributed by atoms with Gasteiger partial charge in [0.15, 0.2) is 0 Å². The van der Waals surface area contributed by atoms with Crippen LogP contribution in [0, 0.1) is 11.3 Å². The van der Waals surface area contributed by atoms with E-state index in [0.29, 0.717) is 11.5 Å². The molecule has 0 atom stereocenters. The number of nitrogens with zero attached hydrogens (tertiary/aromatic N) is 4. The van der Waals surface area contributed by atoms with Gasteiger partial charge in [-0.3, -0.25) is 0 Å². The maximum absolute atomic E-state index is 8.70. The summed E-state index contributed by atoms with van der Waals surface area (Å²) in [5.41, 5.74) is 1.59. The van der Waals surface area contributed by atoms with Crippen molar-refractivity contribution in [3.63, 3.8) is 0 Å². The molecule has 0 aliphatic carbocycles. The summed E-state index contributed by atoms with van der Waals surface area (Å²) in [7, 11) is 1.89. The highest BCUT2D eigenvalue weighted by Crippen LogP contribution is 2.19. The Balaban J connectivity index is 2.28. The summed E-state index contributed by atoms with van der Waals surface area (Å²) >= 11 is 0. The van der Waals surface area contributed by atoms with Gasteiger partial charge in [-0.15, -0.1) is 0 Å². The molecule has 2 rings (SSSR count). The maximum Gasteiger partial charge on any atom is 0.229 e. The van der Waals surface area contributed by atoms with E-state index in [4.69, 9.17) is 5.26 Å². The van der Waals surface area contributed by atoms with E-state index in [1.165, 1.54) is 0 Å². The molecule has 0 amide bonds. The fraction of sp³-hybridized carbons (Fsp3) is 0.0833. The van der Waals surface area contributed by atoms with Crippen LogP contribution in [0.3, 0.4) is 0 Å². The lowest BCUT2D eigenvalue weighted by molar-refractivity contribution is 1.04. The van der Waals surface area contributed by atoms with Crippen LogP contribution in [0.15, 0.2) is 42.7 Å². The highest BCUT2D eigenvalue weighted by Gasteiger charge is 2.05. The zero-order chi connectivity index (χ0) is 11.4. The van der Waals surface area contributed by atoms with Crippen molar-refractivity contribution in [3.8, 4) is 6.07 Å². The average molecular weight is 210 g/mol. The molecule has 0 aliphatic rings. The lowest BCUT2D eigenvalue weighted by Crippen LogP contribution is -2.12. The zero-order valence-electron chi connectivity index (χ0n) is 8.83. The minimum atomic E-state index is 0.632. The van der Waals surface area contributed by atoms with E-state index in [0.717, 1.165) is 5.69 Å². The van der Waals surface area contributed by atoms with Crippen molar-refractivity contribution < 1.29 is 0 Å². The molecule has 78 valence electrons. The van der Waals surface area contributed by atoms with Gasteiger partial charge < -0.3 is 4.90 Å². The molecule has 4 nitrogen and oxygen atoms in total. The topological polar surface area (TPSA) is 52.8 Å². The van der Waals surface area contributed by atoms with Crippen LogP contribution in [0.25, 0.3) is 0 Å². The Morgan fingerprint density at radius 1 is 1.12 bits per heavy atom. The molecule has 0 saturated heterocycles. The lowest BCUT2D eigenvalue weighted by Gasteiger charge is -2.16. The number of anilines is 2. The minimum Gasteiger partial charge on any atom is -0.314 e. The van der Waals surface area contributed by atoms with Crippen LogP contribution in [0.1, 0.15) is 5.56 Å². The predicted octanol–water partition coefficient (Wildman–Crippen LogP) is 2.12. The quantitative estimate of drug-likeness (QED) is 0.761. The van der Waals surface area contributed by atoms with Crippen LogP contribution < -0.4 is 4.90 Å². The van der Waals surface area contributed by atoms with Crippen molar-refractivity contribution in [2.45, 2.75) is 0 Å². The van der Waals surface area contributed by atoms with Gasteiger partial charge in [0.1, 0.15) is 0 Å². The van der Waals surface area contributed by atoms with Crippen LogP contribution in [0.5, 0.6) is 0 Å². The molecule has 0 unspecified atom stereocenters. The van der Waals surface area contributed by atoms with Crippen molar-refractivity contribution in [2.75, 3.05) is 11.9 Å². The molecule has 0 aliphatic heterocycles. The SMILES string of the molecule is CN(c1ccc(C#N)cc1)c1ncccn1. The molecule has 0 fully saturated rings. The van der Waals surface area contributed by atoms with Crippen molar-refractivity contribution in [2.24, 2.45) is 0 Å². The molecule has 0 saturated carbocycles. The fourth-order valence-corrected chi connectivity index (χ4v) is 1.34. The Bertz CT molecular complexity index is 499.